The third kappa shape index (κ3) is 2.65. The van der Waals surface area contributed by atoms with Crippen LogP contribution >= 0.6 is 23.2 Å². The largest absolute Gasteiger partial charge is 0.344 e. The summed E-state index contributed by atoms with van der Waals surface area (Å²) < 4.78 is 0. The van der Waals surface area contributed by atoms with Crippen molar-refractivity contribution in [2.24, 2.45) is 0 Å². The Morgan fingerprint density at radius 1 is 1.11 bits per heavy atom. The van der Waals surface area contributed by atoms with E-state index in [-0.39, 0.29) is 6.15 Å². The molecule has 0 unspecified atom stereocenters. The molecule has 0 aliphatic heterocycles. The van der Waals surface area contributed by atoms with Crippen molar-refractivity contribution in [1.82, 2.24) is 11.1 Å². The molecule has 3 N–H and O–H groups in total. The van der Waals surface area contributed by atoms with E-state index in [0.29, 0.717) is 10.3 Å². The van der Waals surface area contributed by atoms with E-state index in [4.69, 9.17) is 23.2 Å². The highest BCUT2D eigenvalue weighted by Crippen LogP contribution is 2.08. The average Bonchev–Trinajstić information content (AvgIpc) is 1.64. The maximum Gasteiger partial charge on any atom is 0.130 e. The molecule has 0 atom stereocenters. The maximum atomic E-state index is 5.45. The number of hydrogen-bond donors (Lipinski definition) is 1. The number of hydrogen-bond acceptors (Lipinski definition) is 2. The lowest BCUT2D eigenvalue weighted by Crippen LogP contribution is -1.71. The summed E-state index contributed by atoms with van der Waals surface area (Å²) in [6.45, 7) is 0. The first-order valence-electron chi connectivity index (χ1n) is 2.07. The Morgan fingerprint density at radius 3 is 1.78 bits per heavy atom. The monoisotopic (exact) mass is 164 g/mol. The zero-order chi connectivity index (χ0) is 5.98. The lowest BCUT2D eigenvalue weighted by atomic mass is 10.5. The Bertz CT molecular complexity index is 173. The van der Waals surface area contributed by atoms with Crippen molar-refractivity contribution in [2.75, 3.05) is 0 Å². The molecule has 0 bridgehead atoms. The van der Waals surface area contributed by atoms with Gasteiger partial charge in [0.2, 0.25) is 0 Å². The molecule has 0 aromatic carbocycles. The van der Waals surface area contributed by atoms with Crippen LogP contribution in [0.2, 0.25) is 10.3 Å². The molecule has 0 aliphatic carbocycles. The van der Waals surface area contributed by atoms with Crippen LogP contribution in [0.15, 0.2) is 18.2 Å². The smallest absolute Gasteiger partial charge is 0.130 e. The van der Waals surface area contributed by atoms with E-state index in [2.05, 4.69) is 4.98 Å². The van der Waals surface area contributed by atoms with Crippen molar-refractivity contribution < 1.29 is 0 Å². The van der Waals surface area contributed by atoms with Crippen molar-refractivity contribution >= 4 is 23.2 Å². The molecule has 0 saturated heterocycles. The molecule has 0 aliphatic rings. The van der Waals surface area contributed by atoms with Crippen LogP contribution in [0.4, 0.5) is 0 Å². The minimum absolute atomic E-state index is 0. The molecule has 1 heterocycles. The third-order valence-electron chi connectivity index (χ3n) is 0.681. The summed E-state index contributed by atoms with van der Waals surface area (Å²) in [6.07, 6.45) is 0. The van der Waals surface area contributed by atoms with Crippen LogP contribution in [0.3, 0.4) is 0 Å². The van der Waals surface area contributed by atoms with Gasteiger partial charge >= 0.3 is 0 Å². The summed E-state index contributed by atoms with van der Waals surface area (Å²) in [7, 11) is 0. The van der Waals surface area contributed by atoms with E-state index in [9.17, 15) is 0 Å². The molecular weight excluding hydrogens is 159 g/mol. The number of rotatable bonds is 0. The predicted molar refractivity (Wildman–Crippen MR) is 39.3 cm³/mol. The highest BCUT2D eigenvalue weighted by atomic mass is 35.5. The molecule has 0 saturated carbocycles. The van der Waals surface area contributed by atoms with Crippen molar-refractivity contribution in [3.63, 3.8) is 0 Å². The summed E-state index contributed by atoms with van der Waals surface area (Å²) in [6, 6.07) is 5.10. The van der Waals surface area contributed by atoms with Crippen LogP contribution in [-0.2, 0) is 0 Å². The molecule has 50 valence electrons. The van der Waals surface area contributed by atoms with Gasteiger partial charge in [0.15, 0.2) is 0 Å². The lowest BCUT2D eigenvalue weighted by Gasteiger charge is -1.85. The van der Waals surface area contributed by atoms with Gasteiger partial charge < -0.3 is 6.15 Å². The highest BCUT2D eigenvalue weighted by molar-refractivity contribution is 6.32. The van der Waals surface area contributed by atoms with Crippen LogP contribution in [0, 0.1) is 0 Å². The Hall–Kier alpha value is -0.310. The van der Waals surface area contributed by atoms with Gasteiger partial charge in [-0.1, -0.05) is 29.3 Å². The van der Waals surface area contributed by atoms with Crippen LogP contribution in [0.25, 0.3) is 0 Å². The van der Waals surface area contributed by atoms with Crippen LogP contribution in [0.1, 0.15) is 0 Å². The molecule has 1 aromatic rings. The van der Waals surface area contributed by atoms with E-state index >= 15 is 0 Å². The van der Waals surface area contributed by atoms with Crippen LogP contribution in [0.5, 0.6) is 0 Å². The zero-order valence-corrected chi connectivity index (χ0v) is 6.15. The quantitative estimate of drug-likeness (QED) is 0.600. The predicted octanol–water partition coefficient (Wildman–Crippen LogP) is 2.55. The maximum absolute atomic E-state index is 5.45. The Morgan fingerprint density at radius 2 is 1.56 bits per heavy atom. The number of pyridine rings is 1. The van der Waals surface area contributed by atoms with E-state index in [1.54, 1.807) is 18.2 Å². The van der Waals surface area contributed by atoms with Crippen molar-refractivity contribution in [3.05, 3.63) is 28.5 Å². The van der Waals surface area contributed by atoms with Gasteiger partial charge in [-0.2, -0.15) is 0 Å². The molecule has 9 heavy (non-hydrogen) atoms. The van der Waals surface area contributed by atoms with E-state index < -0.39 is 0 Å². The van der Waals surface area contributed by atoms with Crippen molar-refractivity contribution in [1.29, 1.82) is 0 Å². The summed E-state index contributed by atoms with van der Waals surface area (Å²) in [4.78, 5) is 3.70. The summed E-state index contributed by atoms with van der Waals surface area (Å²) in [5, 5.41) is 0.856. The minimum atomic E-state index is 0. The summed E-state index contributed by atoms with van der Waals surface area (Å²) in [5.74, 6) is 0. The molecule has 0 spiro atoms. The number of aromatic nitrogens is 1. The fourth-order valence-electron chi connectivity index (χ4n) is 0.383. The third-order valence-corrected chi connectivity index (χ3v) is 1.10. The molecule has 0 amide bonds. The van der Waals surface area contributed by atoms with E-state index in [1.807, 2.05) is 0 Å². The zero-order valence-electron chi connectivity index (χ0n) is 4.64. The SMILES string of the molecule is Clc1cccc(Cl)n1.N. The number of nitrogens with zero attached hydrogens (tertiary/aromatic N) is 1. The van der Waals surface area contributed by atoms with Crippen molar-refractivity contribution in [2.45, 2.75) is 0 Å². The summed E-state index contributed by atoms with van der Waals surface area (Å²) >= 11 is 10.9. The Labute approximate surface area is 63.4 Å². The highest BCUT2D eigenvalue weighted by Gasteiger charge is 1.86. The van der Waals surface area contributed by atoms with Gasteiger partial charge in [0, 0.05) is 0 Å². The minimum Gasteiger partial charge on any atom is -0.344 e. The van der Waals surface area contributed by atoms with Gasteiger partial charge in [0.25, 0.3) is 0 Å². The first-order valence-corrected chi connectivity index (χ1v) is 2.83. The van der Waals surface area contributed by atoms with Gasteiger partial charge in [0.1, 0.15) is 10.3 Å². The van der Waals surface area contributed by atoms with E-state index in [1.165, 1.54) is 0 Å². The molecule has 0 fully saturated rings. The topological polar surface area (TPSA) is 47.9 Å². The van der Waals surface area contributed by atoms with Crippen molar-refractivity contribution in [3.8, 4) is 0 Å². The fourth-order valence-corrected chi connectivity index (χ4v) is 0.754. The van der Waals surface area contributed by atoms with Gasteiger partial charge in [-0.15, -0.1) is 0 Å². The van der Waals surface area contributed by atoms with Crippen LogP contribution < -0.4 is 6.15 Å². The first-order chi connectivity index (χ1) is 3.79. The van der Waals surface area contributed by atoms with Gasteiger partial charge in [0.05, 0.1) is 0 Å². The van der Waals surface area contributed by atoms with Gasteiger partial charge in [-0.3, -0.25) is 0 Å². The Balaban J connectivity index is 0.000000640. The standard InChI is InChI=1S/C5H3Cl2N.H3N/c6-4-2-1-3-5(7)8-4;/h1-3H;1H3. The van der Waals surface area contributed by atoms with Crippen LogP contribution in [-0.4, -0.2) is 4.98 Å². The molecule has 1 rings (SSSR count). The second-order valence-corrected chi connectivity index (χ2v) is 2.06. The lowest BCUT2D eigenvalue weighted by molar-refractivity contribution is 1.33. The molecular formula is C5H6Cl2N2. The number of halogens is 2. The second-order valence-electron chi connectivity index (χ2n) is 1.28. The second kappa shape index (κ2) is 3.67. The van der Waals surface area contributed by atoms with Gasteiger partial charge in [-0.05, 0) is 12.1 Å². The summed E-state index contributed by atoms with van der Waals surface area (Å²) in [5.41, 5.74) is 0. The average molecular weight is 165 g/mol. The van der Waals surface area contributed by atoms with E-state index in [0.717, 1.165) is 0 Å². The first kappa shape index (κ1) is 8.69. The molecule has 4 heteroatoms. The molecule has 0 radical (unpaired) electrons. The Kier molecular flexibility index (Phi) is 3.54. The fraction of sp³-hybridized carbons (Fsp3) is 0. The normalized spacial score (nSPS) is 8.22. The molecule has 2 nitrogen and oxygen atoms in total. The molecule has 1 aromatic heterocycles. The van der Waals surface area contributed by atoms with Gasteiger partial charge in [-0.25, -0.2) is 4.98 Å².